The number of urea groups is 1. The second kappa shape index (κ2) is 6.65. The molecule has 2 atom stereocenters. The van der Waals surface area contributed by atoms with Crippen molar-refractivity contribution >= 4 is 6.03 Å². The van der Waals surface area contributed by atoms with E-state index in [4.69, 9.17) is 5.11 Å². The molecule has 2 N–H and O–H groups in total. The minimum Gasteiger partial charge on any atom is -0.393 e. The van der Waals surface area contributed by atoms with Crippen LogP contribution in [0.4, 0.5) is 4.79 Å². The van der Waals surface area contributed by atoms with Crippen molar-refractivity contribution in [2.24, 2.45) is 0 Å². The molecule has 14 heavy (non-hydrogen) atoms. The van der Waals surface area contributed by atoms with Gasteiger partial charge >= 0.3 is 6.03 Å². The fourth-order valence-electron chi connectivity index (χ4n) is 1.38. The molecule has 0 aliphatic rings. The van der Waals surface area contributed by atoms with E-state index in [0.29, 0.717) is 19.5 Å². The van der Waals surface area contributed by atoms with Gasteiger partial charge < -0.3 is 15.3 Å². The van der Waals surface area contributed by atoms with Crippen LogP contribution >= 0.6 is 0 Å². The van der Waals surface area contributed by atoms with Crippen molar-refractivity contribution in [1.29, 1.82) is 0 Å². The monoisotopic (exact) mass is 202 g/mol. The summed E-state index contributed by atoms with van der Waals surface area (Å²) in [6.07, 6.45) is 0.217. The van der Waals surface area contributed by atoms with Crippen molar-refractivity contribution in [2.75, 3.05) is 13.1 Å². The summed E-state index contributed by atoms with van der Waals surface area (Å²) >= 11 is 0. The fraction of sp³-hybridized carbons (Fsp3) is 0.900. The summed E-state index contributed by atoms with van der Waals surface area (Å²) in [5.74, 6) is 0. The molecule has 4 heteroatoms. The first-order chi connectivity index (χ1) is 6.51. The Morgan fingerprint density at radius 2 is 1.86 bits per heavy atom. The number of carbonyl (C=O) groups is 1. The molecule has 0 aromatic heterocycles. The van der Waals surface area contributed by atoms with Crippen LogP contribution in [0.15, 0.2) is 0 Å². The second-order valence-corrected chi connectivity index (χ2v) is 3.61. The molecule has 0 bridgehead atoms. The number of nitrogens with zero attached hydrogens (tertiary/aromatic N) is 1. The van der Waals surface area contributed by atoms with Crippen molar-refractivity contribution in [3.8, 4) is 0 Å². The largest absolute Gasteiger partial charge is 0.393 e. The van der Waals surface area contributed by atoms with Gasteiger partial charge in [0.15, 0.2) is 0 Å². The van der Waals surface area contributed by atoms with Gasteiger partial charge in [-0.05, 0) is 34.1 Å². The fourth-order valence-corrected chi connectivity index (χ4v) is 1.38. The normalized spacial score (nSPS) is 14.6. The third kappa shape index (κ3) is 5.07. The minimum absolute atomic E-state index is 0.0168. The molecule has 2 unspecified atom stereocenters. The van der Waals surface area contributed by atoms with Gasteiger partial charge in [-0.3, -0.25) is 0 Å². The topological polar surface area (TPSA) is 52.6 Å². The smallest absolute Gasteiger partial charge is 0.317 e. The van der Waals surface area contributed by atoms with E-state index in [2.05, 4.69) is 5.32 Å². The van der Waals surface area contributed by atoms with E-state index >= 15 is 0 Å². The lowest BCUT2D eigenvalue weighted by atomic mass is 10.1. The highest BCUT2D eigenvalue weighted by atomic mass is 16.3. The van der Waals surface area contributed by atoms with Crippen LogP contribution in [0.5, 0.6) is 0 Å². The Bertz CT molecular complexity index is 168. The van der Waals surface area contributed by atoms with Gasteiger partial charge in [-0.25, -0.2) is 4.79 Å². The number of aliphatic hydroxyl groups is 1. The van der Waals surface area contributed by atoms with E-state index in [-0.39, 0.29) is 18.2 Å². The molecule has 2 amide bonds. The van der Waals surface area contributed by atoms with E-state index in [1.54, 1.807) is 11.8 Å². The highest BCUT2D eigenvalue weighted by Crippen LogP contribution is 1.98. The average molecular weight is 202 g/mol. The quantitative estimate of drug-likeness (QED) is 0.703. The summed E-state index contributed by atoms with van der Waals surface area (Å²) < 4.78 is 0. The molecular formula is C10H22N2O2. The Kier molecular flexibility index (Phi) is 6.28. The third-order valence-corrected chi connectivity index (χ3v) is 2.12. The van der Waals surface area contributed by atoms with Gasteiger partial charge in [-0.2, -0.15) is 0 Å². The van der Waals surface area contributed by atoms with Crippen molar-refractivity contribution in [3.63, 3.8) is 0 Å². The van der Waals surface area contributed by atoms with Crippen LogP contribution < -0.4 is 5.32 Å². The molecule has 0 saturated heterocycles. The van der Waals surface area contributed by atoms with Crippen molar-refractivity contribution in [3.05, 3.63) is 0 Å². The molecule has 0 radical (unpaired) electrons. The number of hydrogen-bond donors (Lipinski definition) is 2. The summed E-state index contributed by atoms with van der Waals surface area (Å²) in [4.78, 5) is 13.3. The van der Waals surface area contributed by atoms with E-state index in [0.717, 1.165) is 0 Å². The van der Waals surface area contributed by atoms with Crippen molar-refractivity contribution < 1.29 is 9.90 Å². The lowest BCUT2D eigenvalue weighted by Crippen LogP contribution is -2.44. The van der Waals surface area contributed by atoms with Crippen LogP contribution in [0.2, 0.25) is 0 Å². The summed E-state index contributed by atoms with van der Waals surface area (Å²) in [7, 11) is 0. The predicted molar refractivity (Wildman–Crippen MR) is 57.2 cm³/mol. The average Bonchev–Trinajstić information content (AvgIpc) is 2.04. The highest BCUT2D eigenvalue weighted by molar-refractivity contribution is 5.74. The number of nitrogens with one attached hydrogen (secondary N) is 1. The SMILES string of the molecule is CCN(CC)C(=O)NC(C)CC(C)O. The number of rotatable bonds is 5. The number of amides is 2. The molecule has 0 spiro atoms. The van der Waals surface area contributed by atoms with Gasteiger partial charge in [-0.15, -0.1) is 0 Å². The van der Waals surface area contributed by atoms with Crippen LogP contribution in [0.3, 0.4) is 0 Å². The van der Waals surface area contributed by atoms with Gasteiger partial charge in [0.1, 0.15) is 0 Å². The maximum Gasteiger partial charge on any atom is 0.317 e. The Balaban J connectivity index is 3.91. The number of carbonyl (C=O) groups excluding carboxylic acids is 1. The van der Waals surface area contributed by atoms with Crippen molar-refractivity contribution in [1.82, 2.24) is 10.2 Å². The number of aliphatic hydroxyl groups excluding tert-OH is 1. The Hall–Kier alpha value is -0.770. The summed E-state index contributed by atoms with van der Waals surface area (Å²) in [6.45, 7) is 8.94. The molecule has 0 aliphatic heterocycles. The van der Waals surface area contributed by atoms with Crippen LogP contribution in [0.25, 0.3) is 0 Å². The summed E-state index contributed by atoms with van der Waals surface area (Å²) in [5, 5.41) is 12.0. The maximum absolute atomic E-state index is 11.5. The van der Waals surface area contributed by atoms with Gasteiger partial charge in [0.25, 0.3) is 0 Å². The lowest BCUT2D eigenvalue weighted by Gasteiger charge is -2.23. The zero-order valence-corrected chi connectivity index (χ0v) is 9.58. The Labute approximate surface area is 86.3 Å². The first kappa shape index (κ1) is 13.2. The van der Waals surface area contributed by atoms with Crippen LogP contribution in [-0.4, -0.2) is 41.3 Å². The van der Waals surface area contributed by atoms with Gasteiger partial charge in [-0.1, -0.05) is 0 Å². The summed E-state index contributed by atoms with van der Waals surface area (Å²) in [6, 6.07) is -0.0359. The van der Waals surface area contributed by atoms with Gasteiger partial charge in [0.05, 0.1) is 6.10 Å². The van der Waals surface area contributed by atoms with Crippen LogP contribution in [0.1, 0.15) is 34.1 Å². The van der Waals surface area contributed by atoms with E-state index in [9.17, 15) is 4.79 Å². The standard InChI is InChI=1S/C10H22N2O2/c1-5-12(6-2)10(14)11-8(3)7-9(4)13/h8-9,13H,5-7H2,1-4H3,(H,11,14). The highest BCUT2D eigenvalue weighted by Gasteiger charge is 2.13. The minimum atomic E-state index is -0.373. The molecular weight excluding hydrogens is 180 g/mol. The zero-order valence-electron chi connectivity index (χ0n) is 9.58. The molecule has 0 aromatic rings. The lowest BCUT2D eigenvalue weighted by molar-refractivity contribution is 0.164. The molecule has 4 nitrogen and oxygen atoms in total. The molecule has 84 valence electrons. The van der Waals surface area contributed by atoms with Crippen LogP contribution in [0, 0.1) is 0 Å². The molecule has 0 aliphatic carbocycles. The first-order valence-corrected chi connectivity index (χ1v) is 5.24. The zero-order chi connectivity index (χ0) is 11.1. The van der Waals surface area contributed by atoms with Gasteiger partial charge in [0, 0.05) is 19.1 Å². The summed E-state index contributed by atoms with van der Waals surface area (Å²) in [5.41, 5.74) is 0. The molecule has 0 heterocycles. The Morgan fingerprint density at radius 3 is 2.21 bits per heavy atom. The van der Waals surface area contributed by atoms with E-state index in [1.165, 1.54) is 0 Å². The van der Waals surface area contributed by atoms with E-state index in [1.807, 2.05) is 20.8 Å². The molecule has 0 aromatic carbocycles. The van der Waals surface area contributed by atoms with Gasteiger partial charge in [0.2, 0.25) is 0 Å². The third-order valence-electron chi connectivity index (χ3n) is 2.12. The maximum atomic E-state index is 11.5. The second-order valence-electron chi connectivity index (χ2n) is 3.61. The van der Waals surface area contributed by atoms with Crippen LogP contribution in [-0.2, 0) is 0 Å². The molecule has 0 saturated carbocycles. The first-order valence-electron chi connectivity index (χ1n) is 5.24. The predicted octanol–water partition coefficient (Wildman–Crippen LogP) is 1.20. The van der Waals surface area contributed by atoms with E-state index < -0.39 is 0 Å². The molecule has 0 fully saturated rings. The Morgan fingerprint density at radius 1 is 1.36 bits per heavy atom. The number of hydrogen-bond acceptors (Lipinski definition) is 2. The molecule has 0 rings (SSSR count). The van der Waals surface area contributed by atoms with Crippen molar-refractivity contribution in [2.45, 2.75) is 46.3 Å².